The van der Waals surface area contributed by atoms with Crippen LogP contribution in [0.1, 0.15) is 29.3 Å². The molecule has 8 nitrogen and oxygen atoms in total. The lowest BCUT2D eigenvalue weighted by molar-refractivity contribution is -0.111. The van der Waals surface area contributed by atoms with Crippen molar-refractivity contribution >= 4 is 40.1 Å². The number of anilines is 2. The van der Waals surface area contributed by atoms with Crippen LogP contribution in [0.3, 0.4) is 0 Å². The Balaban J connectivity index is 1.55. The molecule has 0 aromatic carbocycles. The highest BCUT2D eigenvalue weighted by Crippen LogP contribution is 2.41. The van der Waals surface area contributed by atoms with Crippen molar-refractivity contribution in [1.29, 1.82) is 0 Å². The molecule has 9 heteroatoms. The van der Waals surface area contributed by atoms with Crippen LogP contribution in [-0.2, 0) is 22.4 Å². The Labute approximate surface area is 179 Å². The van der Waals surface area contributed by atoms with Crippen LogP contribution in [0, 0.1) is 5.92 Å². The van der Waals surface area contributed by atoms with Gasteiger partial charge >= 0.3 is 6.09 Å². The molecule has 0 fully saturated rings. The summed E-state index contributed by atoms with van der Waals surface area (Å²) < 4.78 is 5.27. The van der Waals surface area contributed by atoms with E-state index in [0.717, 1.165) is 35.3 Å². The first-order chi connectivity index (χ1) is 14.5. The number of ether oxygens (including phenoxy) is 1. The zero-order valence-electron chi connectivity index (χ0n) is 16.8. The minimum atomic E-state index is -0.526. The summed E-state index contributed by atoms with van der Waals surface area (Å²) in [5, 5.41) is 15.0. The number of aliphatic hydroxyl groups is 1. The quantitative estimate of drug-likeness (QED) is 0.500. The van der Waals surface area contributed by atoms with E-state index in [-0.39, 0.29) is 24.5 Å². The molecule has 1 aliphatic carbocycles. The number of carbonyl (C=O) groups excluding carboxylic acids is 2. The normalized spacial score (nSPS) is 16.7. The molecule has 3 rings (SSSR count). The van der Waals surface area contributed by atoms with Gasteiger partial charge in [-0.05, 0) is 55.4 Å². The Bertz CT molecular complexity index is 913. The molecule has 0 radical (unpaired) electrons. The predicted molar refractivity (Wildman–Crippen MR) is 117 cm³/mol. The fourth-order valence-corrected chi connectivity index (χ4v) is 4.48. The van der Waals surface area contributed by atoms with Gasteiger partial charge in [-0.25, -0.2) is 4.79 Å². The zero-order valence-corrected chi connectivity index (χ0v) is 17.6. The highest BCUT2D eigenvalue weighted by molar-refractivity contribution is 7.17. The van der Waals surface area contributed by atoms with Gasteiger partial charge in [0.15, 0.2) is 0 Å². The molecule has 2 unspecified atom stereocenters. The fourth-order valence-electron chi connectivity index (χ4n) is 3.20. The lowest BCUT2D eigenvalue weighted by Gasteiger charge is -2.22. The van der Waals surface area contributed by atoms with E-state index in [0.29, 0.717) is 17.3 Å². The van der Waals surface area contributed by atoms with Crippen molar-refractivity contribution in [2.75, 3.05) is 24.3 Å². The van der Waals surface area contributed by atoms with E-state index >= 15 is 0 Å². The number of amides is 2. The minimum Gasteiger partial charge on any atom is -0.449 e. The number of pyridine rings is 1. The van der Waals surface area contributed by atoms with Gasteiger partial charge in [0.2, 0.25) is 5.91 Å². The first-order valence-corrected chi connectivity index (χ1v) is 10.6. The van der Waals surface area contributed by atoms with E-state index in [2.05, 4.69) is 15.6 Å². The molecule has 0 spiro atoms. The van der Waals surface area contributed by atoms with Gasteiger partial charge in [-0.15, -0.1) is 11.3 Å². The average Bonchev–Trinajstić information content (AvgIpc) is 3.06. The van der Waals surface area contributed by atoms with E-state index in [1.165, 1.54) is 17.4 Å². The maximum absolute atomic E-state index is 12.3. The van der Waals surface area contributed by atoms with Gasteiger partial charge in [0.1, 0.15) is 5.00 Å². The lowest BCUT2D eigenvalue weighted by atomic mass is 9.89. The molecule has 2 amide bonds. The molecule has 160 valence electrons. The maximum Gasteiger partial charge on any atom is 0.407 e. The number of nitrogens with one attached hydrogen (secondary N) is 2. The smallest absolute Gasteiger partial charge is 0.407 e. The van der Waals surface area contributed by atoms with Crippen molar-refractivity contribution in [3.63, 3.8) is 0 Å². The predicted octanol–water partition coefficient (Wildman–Crippen LogP) is 2.59. The molecule has 30 heavy (non-hydrogen) atoms. The highest BCUT2D eigenvalue weighted by Gasteiger charge is 2.26. The summed E-state index contributed by atoms with van der Waals surface area (Å²) >= 11 is 1.47. The summed E-state index contributed by atoms with van der Waals surface area (Å²) in [6.07, 6.45) is 8.35. The van der Waals surface area contributed by atoms with Crippen LogP contribution in [0.2, 0.25) is 0 Å². The number of rotatable bonds is 7. The first-order valence-electron chi connectivity index (χ1n) is 9.79. The Hall–Kier alpha value is -2.91. The topological polar surface area (TPSA) is 127 Å². The van der Waals surface area contributed by atoms with E-state index in [1.807, 2.05) is 6.07 Å². The number of nitrogen functional groups attached to an aromatic ring is 1. The van der Waals surface area contributed by atoms with E-state index in [1.54, 1.807) is 31.5 Å². The molecule has 2 atom stereocenters. The molecule has 0 saturated carbocycles. The Morgan fingerprint density at radius 1 is 1.50 bits per heavy atom. The Morgan fingerprint density at radius 3 is 3.07 bits per heavy atom. The van der Waals surface area contributed by atoms with Crippen molar-refractivity contribution in [3.05, 3.63) is 46.6 Å². The number of hydrogen-bond donors (Lipinski definition) is 4. The van der Waals surface area contributed by atoms with Crippen LogP contribution in [-0.4, -0.2) is 41.3 Å². The minimum absolute atomic E-state index is 0.137. The Kier molecular flexibility index (Phi) is 7.42. The number of fused-ring (bicyclic) bond motifs is 1. The molecule has 0 bridgehead atoms. The number of aromatic nitrogens is 1. The SMILES string of the molecule is CC(CO)NC(=O)OCC1CCc2c(sc(NC(=O)/C=C/c3cccnc3)c2N)C1. The van der Waals surface area contributed by atoms with Gasteiger partial charge in [0.05, 0.1) is 24.9 Å². The number of alkyl carbamates (subject to hydrolysis) is 1. The van der Waals surface area contributed by atoms with Gasteiger partial charge in [-0.2, -0.15) is 0 Å². The second-order valence-corrected chi connectivity index (χ2v) is 8.40. The van der Waals surface area contributed by atoms with Gasteiger partial charge in [-0.3, -0.25) is 9.78 Å². The number of thiophene rings is 1. The Morgan fingerprint density at radius 2 is 2.33 bits per heavy atom. The van der Waals surface area contributed by atoms with Crippen LogP contribution < -0.4 is 16.4 Å². The maximum atomic E-state index is 12.3. The molecule has 1 aliphatic rings. The standard InChI is InChI=1S/C21H26N4O4S/c1-13(11-26)24-21(28)29-12-15-4-6-16-17(9-15)30-20(19(16)22)25-18(27)7-5-14-3-2-8-23-10-14/h2-3,5,7-8,10,13,15,26H,4,6,9,11-12,22H2,1H3,(H,24,28)(H,25,27)/b7-5+. The van der Waals surface area contributed by atoms with Crippen molar-refractivity contribution in [2.24, 2.45) is 5.92 Å². The average molecular weight is 431 g/mol. The van der Waals surface area contributed by atoms with E-state index in [4.69, 9.17) is 15.6 Å². The molecule has 5 N–H and O–H groups in total. The summed E-state index contributed by atoms with van der Waals surface area (Å²) in [6.45, 7) is 1.86. The molecule has 2 aromatic heterocycles. The highest BCUT2D eigenvalue weighted by atomic mass is 32.1. The van der Waals surface area contributed by atoms with Gasteiger partial charge in [0, 0.05) is 23.3 Å². The van der Waals surface area contributed by atoms with Crippen LogP contribution >= 0.6 is 11.3 Å². The third-order valence-corrected chi connectivity index (χ3v) is 6.03. The van der Waals surface area contributed by atoms with Crippen molar-refractivity contribution in [3.8, 4) is 0 Å². The van der Waals surface area contributed by atoms with Gasteiger partial charge in [0.25, 0.3) is 0 Å². The van der Waals surface area contributed by atoms with Crippen LogP contribution in [0.25, 0.3) is 6.08 Å². The summed E-state index contributed by atoms with van der Waals surface area (Å²) in [5.74, 6) is -0.0570. The molecular weight excluding hydrogens is 404 g/mol. The van der Waals surface area contributed by atoms with E-state index in [9.17, 15) is 9.59 Å². The monoisotopic (exact) mass is 430 g/mol. The summed E-state index contributed by atoms with van der Waals surface area (Å²) in [6, 6.07) is 3.33. The van der Waals surface area contributed by atoms with Crippen molar-refractivity contribution in [1.82, 2.24) is 10.3 Å². The van der Waals surface area contributed by atoms with Gasteiger partial charge in [-0.1, -0.05) is 6.07 Å². The number of nitrogens with two attached hydrogens (primary N) is 1. The molecule has 2 aromatic rings. The second-order valence-electron chi connectivity index (χ2n) is 7.29. The lowest BCUT2D eigenvalue weighted by Crippen LogP contribution is -2.36. The third kappa shape index (κ3) is 5.80. The molecule has 2 heterocycles. The molecule has 0 saturated heterocycles. The number of aliphatic hydroxyl groups excluding tert-OH is 1. The van der Waals surface area contributed by atoms with Crippen molar-refractivity contribution in [2.45, 2.75) is 32.2 Å². The second kappa shape index (κ2) is 10.2. The number of hydrogen-bond acceptors (Lipinski definition) is 7. The van der Waals surface area contributed by atoms with E-state index < -0.39 is 6.09 Å². The fraction of sp³-hybridized carbons (Fsp3) is 0.381. The largest absolute Gasteiger partial charge is 0.449 e. The summed E-state index contributed by atoms with van der Waals surface area (Å²) in [4.78, 5) is 29.1. The van der Waals surface area contributed by atoms with Gasteiger partial charge < -0.3 is 26.2 Å². The first kappa shape index (κ1) is 21.8. The van der Waals surface area contributed by atoms with Crippen LogP contribution in [0.5, 0.6) is 0 Å². The molecular formula is C21H26N4O4S. The summed E-state index contributed by atoms with van der Waals surface area (Å²) in [5.41, 5.74) is 8.79. The third-order valence-electron chi connectivity index (χ3n) is 4.84. The van der Waals surface area contributed by atoms with Crippen LogP contribution in [0.4, 0.5) is 15.5 Å². The zero-order chi connectivity index (χ0) is 21.5. The van der Waals surface area contributed by atoms with Crippen molar-refractivity contribution < 1.29 is 19.4 Å². The number of nitrogens with zero attached hydrogens (tertiary/aromatic N) is 1. The number of carbonyl (C=O) groups is 2. The summed E-state index contributed by atoms with van der Waals surface area (Å²) in [7, 11) is 0. The van der Waals surface area contributed by atoms with Crippen LogP contribution in [0.15, 0.2) is 30.6 Å². The molecule has 0 aliphatic heterocycles.